The molecule has 0 aliphatic heterocycles. The number of aliphatic hydroxyl groups excluding tert-OH is 1. The molecular formula is C14H24O5. The number of hydrogen-bond donors (Lipinski definition) is 1. The van der Waals surface area contributed by atoms with Crippen LogP contribution in [0.25, 0.3) is 0 Å². The molecule has 110 valence electrons. The van der Waals surface area contributed by atoms with Crippen molar-refractivity contribution in [3.63, 3.8) is 0 Å². The van der Waals surface area contributed by atoms with Crippen molar-refractivity contribution in [2.24, 2.45) is 11.8 Å². The Bertz CT molecular complexity index is 318. The molecule has 1 aliphatic carbocycles. The molecule has 0 aromatic rings. The zero-order chi connectivity index (χ0) is 14.5. The van der Waals surface area contributed by atoms with Crippen LogP contribution in [-0.2, 0) is 19.1 Å². The second kappa shape index (κ2) is 6.89. The lowest BCUT2D eigenvalue weighted by Gasteiger charge is -2.29. The summed E-state index contributed by atoms with van der Waals surface area (Å²) in [6, 6.07) is 0. The van der Waals surface area contributed by atoms with Gasteiger partial charge in [-0.2, -0.15) is 0 Å². The van der Waals surface area contributed by atoms with Gasteiger partial charge in [-0.05, 0) is 40.0 Å². The molecule has 1 rings (SSSR count). The highest BCUT2D eigenvalue weighted by Crippen LogP contribution is 2.31. The van der Waals surface area contributed by atoms with E-state index in [4.69, 9.17) is 14.6 Å². The van der Waals surface area contributed by atoms with Crippen LogP contribution in [-0.4, -0.2) is 35.9 Å². The van der Waals surface area contributed by atoms with Gasteiger partial charge in [0.1, 0.15) is 12.2 Å². The van der Waals surface area contributed by atoms with Crippen molar-refractivity contribution in [2.75, 3.05) is 13.2 Å². The van der Waals surface area contributed by atoms with Crippen LogP contribution in [0.5, 0.6) is 0 Å². The van der Waals surface area contributed by atoms with Crippen LogP contribution in [0.4, 0.5) is 0 Å². The normalized spacial score (nSPS) is 23.8. The minimum Gasteiger partial charge on any atom is -0.463 e. The third-order valence-corrected chi connectivity index (χ3v) is 3.08. The van der Waals surface area contributed by atoms with E-state index in [1.54, 1.807) is 0 Å². The number of aliphatic hydroxyl groups is 1. The Hall–Kier alpha value is -1.10. The Balaban J connectivity index is 2.50. The molecule has 2 atom stereocenters. The summed E-state index contributed by atoms with van der Waals surface area (Å²) >= 11 is 0. The molecule has 1 fully saturated rings. The molecule has 0 aromatic carbocycles. The molecule has 0 spiro atoms. The SMILES string of the molecule is CC(C)(C)OC(=O)C1CCCC(C(=O)OCCO)C1. The van der Waals surface area contributed by atoms with Crippen LogP contribution in [0.15, 0.2) is 0 Å². The van der Waals surface area contributed by atoms with E-state index in [0.29, 0.717) is 6.42 Å². The summed E-state index contributed by atoms with van der Waals surface area (Å²) < 4.78 is 10.3. The highest BCUT2D eigenvalue weighted by atomic mass is 16.6. The summed E-state index contributed by atoms with van der Waals surface area (Å²) in [7, 11) is 0. The molecule has 0 amide bonds. The van der Waals surface area contributed by atoms with E-state index in [2.05, 4.69) is 0 Å². The number of carbonyl (C=O) groups excluding carboxylic acids is 2. The molecule has 0 aromatic heterocycles. The van der Waals surface area contributed by atoms with Gasteiger partial charge in [0, 0.05) is 0 Å². The fourth-order valence-corrected chi connectivity index (χ4v) is 2.27. The molecule has 1 aliphatic rings. The molecule has 19 heavy (non-hydrogen) atoms. The van der Waals surface area contributed by atoms with Crippen molar-refractivity contribution in [3.05, 3.63) is 0 Å². The Morgan fingerprint density at radius 1 is 1.16 bits per heavy atom. The summed E-state index contributed by atoms with van der Waals surface area (Å²) in [5, 5.41) is 8.63. The largest absolute Gasteiger partial charge is 0.463 e. The molecule has 0 bridgehead atoms. The van der Waals surface area contributed by atoms with E-state index >= 15 is 0 Å². The van der Waals surface area contributed by atoms with Crippen molar-refractivity contribution in [1.82, 2.24) is 0 Å². The quantitative estimate of drug-likeness (QED) is 0.788. The van der Waals surface area contributed by atoms with Crippen LogP contribution in [0.1, 0.15) is 46.5 Å². The van der Waals surface area contributed by atoms with E-state index in [-0.39, 0.29) is 37.0 Å². The maximum absolute atomic E-state index is 12.0. The van der Waals surface area contributed by atoms with Gasteiger partial charge in [0.15, 0.2) is 0 Å². The van der Waals surface area contributed by atoms with Crippen molar-refractivity contribution in [1.29, 1.82) is 0 Å². The highest BCUT2D eigenvalue weighted by Gasteiger charge is 2.34. The average molecular weight is 272 g/mol. The average Bonchev–Trinajstić information content (AvgIpc) is 2.34. The van der Waals surface area contributed by atoms with Gasteiger partial charge in [-0.25, -0.2) is 0 Å². The number of ether oxygens (including phenoxy) is 2. The first-order valence-corrected chi connectivity index (χ1v) is 6.84. The molecule has 1 saturated carbocycles. The minimum absolute atomic E-state index is 0.0203. The van der Waals surface area contributed by atoms with Crippen LogP contribution in [0.3, 0.4) is 0 Å². The predicted octanol–water partition coefficient (Wildman–Crippen LogP) is 1.67. The first-order valence-electron chi connectivity index (χ1n) is 6.84. The molecule has 0 saturated heterocycles. The van der Waals surface area contributed by atoms with Gasteiger partial charge < -0.3 is 14.6 Å². The zero-order valence-electron chi connectivity index (χ0n) is 12.0. The number of carbonyl (C=O) groups is 2. The maximum Gasteiger partial charge on any atom is 0.309 e. The predicted molar refractivity (Wildman–Crippen MR) is 69.3 cm³/mol. The first kappa shape index (κ1) is 16.0. The van der Waals surface area contributed by atoms with Crippen LogP contribution < -0.4 is 0 Å². The van der Waals surface area contributed by atoms with E-state index in [1.807, 2.05) is 20.8 Å². The fourth-order valence-electron chi connectivity index (χ4n) is 2.27. The molecular weight excluding hydrogens is 248 g/mol. The van der Waals surface area contributed by atoms with E-state index in [1.165, 1.54) is 0 Å². The molecule has 0 heterocycles. The Morgan fingerprint density at radius 2 is 1.74 bits per heavy atom. The molecule has 2 unspecified atom stereocenters. The number of esters is 2. The van der Waals surface area contributed by atoms with Crippen molar-refractivity contribution < 1.29 is 24.2 Å². The molecule has 1 N–H and O–H groups in total. The smallest absolute Gasteiger partial charge is 0.309 e. The van der Waals surface area contributed by atoms with Gasteiger partial charge in [-0.3, -0.25) is 9.59 Å². The van der Waals surface area contributed by atoms with Crippen molar-refractivity contribution in [2.45, 2.75) is 52.1 Å². The monoisotopic (exact) mass is 272 g/mol. The van der Waals surface area contributed by atoms with Gasteiger partial charge in [0.2, 0.25) is 0 Å². The summed E-state index contributed by atoms with van der Waals surface area (Å²) in [5.41, 5.74) is -0.499. The third-order valence-electron chi connectivity index (χ3n) is 3.08. The topological polar surface area (TPSA) is 72.8 Å². The van der Waals surface area contributed by atoms with E-state index in [0.717, 1.165) is 19.3 Å². The Labute approximate surface area is 114 Å². The lowest BCUT2D eigenvalue weighted by Crippen LogP contribution is -2.33. The van der Waals surface area contributed by atoms with E-state index in [9.17, 15) is 9.59 Å². The zero-order valence-corrected chi connectivity index (χ0v) is 12.0. The number of rotatable bonds is 4. The van der Waals surface area contributed by atoms with Gasteiger partial charge in [0.05, 0.1) is 18.4 Å². The maximum atomic E-state index is 12.0. The molecule has 0 radical (unpaired) electrons. The summed E-state index contributed by atoms with van der Waals surface area (Å²) in [4.78, 5) is 23.7. The van der Waals surface area contributed by atoms with Crippen molar-refractivity contribution >= 4 is 11.9 Å². The highest BCUT2D eigenvalue weighted by molar-refractivity contribution is 5.76. The Kier molecular flexibility index (Phi) is 5.79. The van der Waals surface area contributed by atoms with E-state index < -0.39 is 5.60 Å². The van der Waals surface area contributed by atoms with Gasteiger partial charge in [-0.15, -0.1) is 0 Å². The lowest BCUT2D eigenvalue weighted by atomic mass is 9.81. The third kappa shape index (κ3) is 5.59. The second-order valence-electron chi connectivity index (χ2n) is 5.99. The number of hydrogen-bond acceptors (Lipinski definition) is 5. The summed E-state index contributed by atoms with van der Waals surface area (Å²) in [6.07, 6.45) is 2.81. The van der Waals surface area contributed by atoms with Gasteiger partial charge >= 0.3 is 11.9 Å². The summed E-state index contributed by atoms with van der Waals surface area (Å²) in [5.74, 6) is -1.02. The van der Waals surface area contributed by atoms with Crippen LogP contribution in [0, 0.1) is 11.8 Å². The minimum atomic E-state index is -0.499. The first-order chi connectivity index (χ1) is 8.83. The molecule has 5 nitrogen and oxygen atoms in total. The van der Waals surface area contributed by atoms with Crippen LogP contribution >= 0.6 is 0 Å². The standard InChI is InChI=1S/C14H24O5/c1-14(2,3)19-13(17)11-6-4-5-10(9-11)12(16)18-8-7-15/h10-11,15H,4-9H2,1-3H3. The fraction of sp³-hybridized carbons (Fsp3) is 0.857. The van der Waals surface area contributed by atoms with Gasteiger partial charge in [-0.1, -0.05) is 6.42 Å². The van der Waals surface area contributed by atoms with Crippen LogP contribution in [0.2, 0.25) is 0 Å². The van der Waals surface area contributed by atoms with Crippen molar-refractivity contribution in [3.8, 4) is 0 Å². The Morgan fingerprint density at radius 3 is 2.26 bits per heavy atom. The lowest BCUT2D eigenvalue weighted by molar-refractivity contribution is -0.163. The molecule has 5 heteroatoms. The second-order valence-corrected chi connectivity index (χ2v) is 5.99. The summed E-state index contributed by atoms with van der Waals surface area (Å²) in [6.45, 7) is 5.35. The van der Waals surface area contributed by atoms with Gasteiger partial charge in [0.25, 0.3) is 0 Å².